The SMILES string of the molecule is CC(C)(CNC(=O)C(N)CCS(C)(=O)=O)N1CCc2ccccc2C1.Cl. The molecule has 8 heteroatoms. The van der Waals surface area contributed by atoms with Crippen molar-refractivity contribution in [3.63, 3.8) is 0 Å². The molecule has 1 amide bonds. The lowest BCUT2D eigenvalue weighted by Gasteiger charge is -2.41. The number of halogens is 1. The molecule has 0 saturated heterocycles. The first-order valence-corrected chi connectivity index (χ1v) is 10.7. The number of benzene rings is 1. The average molecular weight is 404 g/mol. The van der Waals surface area contributed by atoms with Gasteiger partial charge < -0.3 is 11.1 Å². The number of carbonyl (C=O) groups excluding carboxylic acids is 1. The van der Waals surface area contributed by atoms with E-state index >= 15 is 0 Å². The van der Waals surface area contributed by atoms with E-state index in [1.807, 2.05) is 0 Å². The summed E-state index contributed by atoms with van der Waals surface area (Å²) in [6.07, 6.45) is 2.29. The smallest absolute Gasteiger partial charge is 0.237 e. The van der Waals surface area contributed by atoms with E-state index in [4.69, 9.17) is 5.73 Å². The first-order valence-electron chi connectivity index (χ1n) is 8.61. The van der Waals surface area contributed by atoms with Crippen LogP contribution in [0, 0.1) is 0 Å². The van der Waals surface area contributed by atoms with Crippen LogP contribution in [0.25, 0.3) is 0 Å². The van der Waals surface area contributed by atoms with Crippen LogP contribution in [0.3, 0.4) is 0 Å². The van der Waals surface area contributed by atoms with Crippen LogP contribution in [0.2, 0.25) is 0 Å². The largest absolute Gasteiger partial charge is 0.353 e. The van der Waals surface area contributed by atoms with Gasteiger partial charge in [0.2, 0.25) is 5.91 Å². The van der Waals surface area contributed by atoms with Crippen molar-refractivity contribution in [3.8, 4) is 0 Å². The Balaban J connectivity index is 0.00000338. The van der Waals surface area contributed by atoms with Crippen LogP contribution in [-0.2, 0) is 27.6 Å². The Labute approximate surface area is 162 Å². The highest BCUT2D eigenvalue weighted by molar-refractivity contribution is 7.90. The topological polar surface area (TPSA) is 92.5 Å². The number of sulfone groups is 1. The summed E-state index contributed by atoms with van der Waals surface area (Å²) in [4.78, 5) is 14.5. The van der Waals surface area contributed by atoms with E-state index in [9.17, 15) is 13.2 Å². The van der Waals surface area contributed by atoms with Crippen LogP contribution in [0.4, 0.5) is 0 Å². The van der Waals surface area contributed by atoms with Crippen LogP contribution in [0.1, 0.15) is 31.4 Å². The van der Waals surface area contributed by atoms with Gasteiger partial charge in [-0.15, -0.1) is 12.4 Å². The van der Waals surface area contributed by atoms with Crippen molar-refractivity contribution in [3.05, 3.63) is 35.4 Å². The molecule has 1 aliphatic heterocycles. The maximum atomic E-state index is 12.1. The van der Waals surface area contributed by atoms with Gasteiger partial charge in [-0.2, -0.15) is 0 Å². The lowest BCUT2D eigenvalue weighted by Crippen LogP contribution is -2.55. The molecule has 0 fully saturated rings. The second kappa shape index (κ2) is 9.17. The standard InChI is InChI=1S/C18H29N3O3S.ClH/c1-18(2,13-20-17(22)16(19)9-11-25(3,23)24)21-10-8-14-6-4-5-7-15(14)12-21;/h4-7,16H,8-13,19H2,1-3H3,(H,20,22);1H. The molecule has 1 unspecified atom stereocenters. The van der Waals surface area contributed by atoms with E-state index in [1.165, 1.54) is 11.1 Å². The molecule has 148 valence electrons. The van der Waals surface area contributed by atoms with Gasteiger partial charge in [0.25, 0.3) is 0 Å². The minimum absolute atomic E-state index is 0. The molecule has 0 bridgehead atoms. The Bertz CT molecular complexity index is 722. The van der Waals surface area contributed by atoms with Crippen molar-refractivity contribution in [1.29, 1.82) is 0 Å². The molecule has 26 heavy (non-hydrogen) atoms. The lowest BCUT2D eigenvalue weighted by atomic mass is 9.94. The van der Waals surface area contributed by atoms with Crippen molar-refractivity contribution >= 4 is 28.2 Å². The second-order valence-electron chi connectivity index (χ2n) is 7.50. The summed E-state index contributed by atoms with van der Waals surface area (Å²) in [6.45, 7) is 6.48. The zero-order valence-corrected chi connectivity index (χ0v) is 17.3. The van der Waals surface area contributed by atoms with E-state index < -0.39 is 15.9 Å². The number of amides is 1. The summed E-state index contributed by atoms with van der Waals surface area (Å²) in [7, 11) is -3.11. The number of carbonyl (C=O) groups is 1. The molecule has 0 saturated carbocycles. The van der Waals surface area contributed by atoms with E-state index in [1.54, 1.807) is 0 Å². The van der Waals surface area contributed by atoms with E-state index in [0.29, 0.717) is 6.54 Å². The zero-order chi connectivity index (χ0) is 18.7. The molecule has 2 rings (SSSR count). The predicted molar refractivity (Wildman–Crippen MR) is 107 cm³/mol. The van der Waals surface area contributed by atoms with Crippen LogP contribution in [-0.4, -0.2) is 55.9 Å². The Morgan fingerprint density at radius 1 is 1.31 bits per heavy atom. The normalized spacial score (nSPS) is 16.3. The third-order valence-corrected chi connectivity index (χ3v) is 5.80. The molecule has 6 nitrogen and oxygen atoms in total. The van der Waals surface area contributed by atoms with E-state index in [2.05, 4.69) is 48.3 Å². The lowest BCUT2D eigenvalue weighted by molar-refractivity contribution is -0.123. The van der Waals surface area contributed by atoms with Crippen LogP contribution >= 0.6 is 12.4 Å². The average Bonchev–Trinajstić information content (AvgIpc) is 2.56. The molecule has 0 aromatic heterocycles. The fourth-order valence-corrected chi connectivity index (χ4v) is 3.71. The van der Waals surface area contributed by atoms with Gasteiger partial charge >= 0.3 is 0 Å². The minimum atomic E-state index is -3.11. The van der Waals surface area contributed by atoms with Gasteiger partial charge in [0.1, 0.15) is 9.84 Å². The Kier molecular flexibility index (Phi) is 8.07. The monoisotopic (exact) mass is 403 g/mol. The highest BCUT2D eigenvalue weighted by atomic mass is 35.5. The molecule has 1 heterocycles. The van der Waals surface area contributed by atoms with Crippen LogP contribution in [0.15, 0.2) is 24.3 Å². The second-order valence-corrected chi connectivity index (χ2v) is 9.76. The number of hydrogen-bond donors (Lipinski definition) is 2. The summed E-state index contributed by atoms with van der Waals surface area (Å²) in [5.41, 5.74) is 8.32. The number of nitrogens with one attached hydrogen (secondary N) is 1. The zero-order valence-electron chi connectivity index (χ0n) is 15.7. The molecule has 0 aliphatic carbocycles. The van der Waals surface area contributed by atoms with Gasteiger partial charge in [0.05, 0.1) is 11.8 Å². The van der Waals surface area contributed by atoms with Gasteiger partial charge in [0.15, 0.2) is 0 Å². The van der Waals surface area contributed by atoms with E-state index in [0.717, 1.165) is 25.8 Å². The van der Waals surface area contributed by atoms with Crippen molar-refractivity contribution in [2.75, 3.05) is 25.1 Å². The van der Waals surface area contributed by atoms with Gasteiger partial charge in [0, 0.05) is 31.4 Å². The maximum absolute atomic E-state index is 12.1. The van der Waals surface area contributed by atoms with Crippen molar-refractivity contribution in [2.24, 2.45) is 5.73 Å². The quantitative estimate of drug-likeness (QED) is 0.711. The van der Waals surface area contributed by atoms with Crippen molar-refractivity contribution in [2.45, 2.75) is 44.8 Å². The Morgan fingerprint density at radius 3 is 2.54 bits per heavy atom. The molecule has 1 aliphatic rings. The van der Waals surface area contributed by atoms with E-state index in [-0.39, 0.29) is 36.0 Å². The molecule has 1 aromatic carbocycles. The molecule has 1 aromatic rings. The number of fused-ring (bicyclic) bond motifs is 1. The first kappa shape index (κ1) is 22.9. The summed E-state index contributed by atoms with van der Waals surface area (Å²) in [6, 6.07) is 7.64. The molecule has 3 N–H and O–H groups in total. The van der Waals surface area contributed by atoms with Gasteiger partial charge in [-0.05, 0) is 37.8 Å². The third kappa shape index (κ3) is 6.54. The first-order chi connectivity index (χ1) is 11.6. The summed E-state index contributed by atoms with van der Waals surface area (Å²) in [5, 5.41) is 2.88. The highest BCUT2D eigenvalue weighted by Crippen LogP contribution is 2.24. The molecule has 1 atom stereocenters. The summed E-state index contributed by atoms with van der Waals surface area (Å²) < 4.78 is 22.4. The Hall–Kier alpha value is -1.15. The van der Waals surface area contributed by atoms with Crippen molar-refractivity contribution < 1.29 is 13.2 Å². The maximum Gasteiger partial charge on any atom is 0.237 e. The van der Waals surface area contributed by atoms with Crippen LogP contribution < -0.4 is 11.1 Å². The fourth-order valence-electron chi connectivity index (χ4n) is 3.03. The Morgan fingerprint density at radius 2 is 1.92 bits per heavy atom. The fraction of sp³-hybridized carbons (Fsp3) is 0.611. The summed E-state index contributed by atoms with van der Waals surface area (Å²) in [5.74, 6) is -0.373. The number of nitrogens with two attached hydrogens (primary N) is 1. The minimum Gasteiger partial charge on any atom is -0.353 e. The predicted octanol–water partition coefficient (Wildman–Crippen LogP) is 1.12. The van der Waals surface area contributed by atoms with Crippen molar-refractivity contribution in [1.82, 2.24) is 10.2 Å². The van der Waals surface area contributed by atoms with Gasteiger partial charge in [-0.25, -0.2) is 8.42 Å². The molecule has 0 spiro atoms. The van der Waals surface area contributed by atoms with Crippen LogP contribution in [0.5, 0.6) is 0 Å². The van der Waals surface area contributed by atoms with Gasteiger partial charge in [-0.3, -0.25) is 9.69 Å². The summed E-state index contributed by atoms with van der Waals surface area (Å²) >= 11 is 0. The molecular formula is C18H30ClN3O3S. The highest BCUT2D eigenvalue weighted by Gasteiger charge is 2.30. The van der Waals surface area contributed by atoms with Gasteiger partial charge in [-0.1, -0.05) is 24.3 Å². The third-order valence-electron chi connectivity index (χ3n) is 4.82. The molecular weight excluding hydrogens is 374 g/mol. The number of rotatable bonds is 7. The molecule has 0 radical (unpaired) electrons. The number of hydrogen-bond acceptors (Lipinski definition) is 5. The number of nitrogens with zero attached hydrogens (tertiary/aromatic N) is 1.